The summed E-state index contributed by atoms with van der Waals surface area (Å²) >= 11 is 4.78. The molecule has 22 heavy (non-hydrogen) atoms. The van der Waals surface area contributed by atoms with Crippen molar-refractivity contribution >= 4 is 29.1 Å². The molecule has 10 heteroatoms. The molecular weight excluding hydrogens is 324 g/mol. The minimum Gasteiger partial charge on any atom is -0.316 e. The van der Waals surface area contributed by atoms with Gasteiger partial charge in [0.1, 0.15) is 0 Å². The molecule has 3 N–H and O–H groups in total. The Kier molecular flexibility index (Phi) is 4.40. The van der Waals surface area contributed by atoms with Crippen LogP contribution in [0.25, 0.3) is 0 Å². The minimum atomic E-state index is -2.08. The number of carbonyl (C=O) groups excluding carboxylic acids is 1. The number of aromatic nitrogens is 2. The first-order valence-corrected chi connectivity index (χ1v) is 6.17. The number of nitrogens with one attached hydrogen (secondary N) is 3. The standard InChI is InChI=1S/C12H8F4N4OS/c1-4-2-7(20-19-4)17-12(22)18-11(21)5-3-6(13)9(15)10(16)8(5)14/h2-3H,1H3,(H3,17,18,19,20,21,22). The number of carbonyl (C=O) groups is 1. The van der Waals surface area contributed by atoms with Gasteiger partial charge in [0, 0.05) is 11.8 Å². The normalized spacial score (nSPS) is 10.4. The number of H-pyrrole nitrogens is 1. The number of halogens is 4. The summed E-state index contributed by atoms with van der Waals surface area (Å²) in [7, 11) is 0. The number of aryl methyl sites for hydroxylation is 1. The number of hydrogen-bond donors (Lipinski definition) is 3. The zero-order valence-electron chi connectivity index (χ0n) is 10.9. The number of anilines is 1. The lowest BCUT2D eigenvalue weighted by Gasteiger charge is -2.09. The van der Waals surface area contributed by atoms with Crippen LogP contribution in [0.15, 0.2) is 12.1 Å². The second-order valence-corrected chi connectivity index (χ2v) is 4.60. The molecule has 0 saturated heterocycles. The Morgan fingerprint density at radius 2 is 1.86 bits per heavy atom. The molecule has 0 atom stereocenters. The first-order valence-electron chi connectivity index (χ1n) is 5.77. The van der Waals surface area contributed by atoms with Crippen molar-refractivity contribution in [2.45, 2.75) is 6.92 Å². The van der Waals surface area contributed by atoms with Crippen LogP contribution in [0.4, 0.5) is 23.4 Å². The number of thiocarbonyl (C=S) groups is 1. The average molecular weight is 332 g/mol. The summed E-state index contributed by atoms with van der Waals surface area (Å²) in [6, 6.07) is 1.81. The van der Waals surface area contributed by atoms with E-state index in [4.69, 9.17) is 12.2 Å². The molecule has 0 saturated carbocycles. The van der Waals surface area contributed by atoms with Crippen LogP contribution < -0.4 is 10.6 Å². The maximum atomic E-state index is 13.5. The molecule has 0 unspecified atom stereocenters. The summed E-state index contributed by atoms with van der Waals surface area (Å²) < 4.78 is 52.4. The largest absolute Gasteiger partial charge is 0.316 e. The van der Waals surface area contributed by atoms with Gasteiger partial charge in [-0.1, -0.05) is 0 Å². The molecule has 5 nitrogen and oxygen atoms in total. The number of rotatable bonds is 2. The van der Waals surface area contributed by atoms with E-state index in [-0.39, 0.29) is 17.0 Å². The van der Waals surface area contributed by atoms with Gasteiger partial charge in [0.2, 0.25) is 0 Å². The molecule has 0 radical (unpaired) electrons. The van der Waals surface area contributed by atoms with Crippen molar-refractivity contribution in [2.75, 3.05) is 5.32 Å². The van der Waals surface area contributed by atoms with Gasteiger partial charge in [-0.3, -0.25) is 15.2 Å². The summed E-state index contributed by atoms with van der Waals surface area (Å²) in [5.74, 6) is -8.53. The van der Waals surface area contributed by atoms with Crippen molar-refractivity contribution in [3.05, 3.63) is 46.7 Å². The molecule has 116 valence electrons. The smallest absolute Gasteiger partial charge is 0.260 e. The van der Waals surface area contributed by atoms with E-state index in [2.05, 4.69) is 15.5 Å². The Labute approximate surface area is 126 Å². The fourth-order valence-electron chi connectivity index (χ4n) is 1.54. The van der Waals surface area contributed by atoms with Gasteiger partial charge >= 0.3 is 0 Å². The van der Waals surface area contributed by atoms with E-state index in [1.807, 2.05) is 5.32 Å². The van der Waals surface area contributed by atoms with E-state index in [0.29, 0.717) is 5.69 Å². The van der Waals surface area contributed by atoms with Gasteiger partial charge in [-0.2, -0.15) is 5.10 Å². The first kappa shape index (κ1) is 15.9. The third-order valence-corrected chi connectivity index (χ3v) is 2.73. The fraction of sp³-hybridized carbons (Fsp3) is 0.0833. The molecule has 0 aliphatic rings. The van der Waals surface area contributed by atoms with Crippen LogP contribution >= 0.6 is 12.2 Å². The molecule has 0 bridgehead atoms. The summed E-state index contributed by atoms with van der Waals surface area (Å²) in [5.41, 5.74) is -0.302. The van der Waals surface area contributed by atoms with Gasteiger partial charge < -0.3 is 5.32 Å². The summed E-state index contributed by atoms with van der Waals surface area (Å²) in [6.45, 7) is 1.72. The minimum absolute atomic E-state index is 0.240. The quantitative estimate of drug-likeness (QED) is 0.342. The van der Waals surface area contributed by atoms with Gasteiger partial charge in [0.15, 0.2) is 34.2 Å². The monoisotopic (exact) mass is 332 g/mol. The van der Waals surface area contributed by atoms with Gasteiger partial charge in [0.05, 0.1) is 5.56 Å². The van der Waals surface area contributed by atoms with E-state index in [1.54, 1.807) is 13.0 Å². The van der Waals surface area contributed by atoms with Crippen LogP contribution in [0.1, 0.15) is 16.1 Å². The summed E-state index contributed by atoms with van der Waals surface area (Å²) in [5, 5.41) is 10.6. The van der Waals surface area contributed by atoms with Gasteiger partial charge in [-0.25, -0.2) is 17.6 Å². The summed E-state index contributed by atoms with van der Waals surface area (Å²) in [4.78, 5) is 11.7. The van der Waals surface area contributed by atoms with Gasteiger partial charge in [-0.05, 0) is 25.2 Å². The molecule has 1 heterocycles. The van der Waals surface area contributed by atoms with Crippen LogP contribution in [0.3, 0.4) is 0 Å². The molecule has 0 spiro atoms. The third kappa shape index (κ3) is 3.22. The molecule has 0 aliphatic heterocycles. The van der Waals surface area contributed by atoms with E-state index >= 15 is 0 Å². The molecule has 2 rings (SSSR count). The Hall–Kier alpha value is -2.49. The number of amides is 1. The first-order chi connectivity index (χ1) is 10.3. The maximum absolute atomic E-state index is 13.5. The Balaban J connectivity index is 2.14. The van der Waals surface area contributed by atoms with Crippen LogP contribution in [0.5, 0.6) is 0 Å². The van der Waals surface area contributed by atoms with Gasteiger partial charge in [-0.15, -0.1) is 0 Å². The molecule has 1 amide bonds. The highest BCUT2D eigenvalue weighted by molar-refractivity contribution is 7.80. The number of nitrogens with zero attached hydrogens (tertiary/aromatic N) is 1. The Bertz CT molecular complexity index is 762. The molecule has 0 fully saturated rings. The zero-order valence-corrected chi connectivity index (χ0v) is 11.7. The third-order valence-electron chi connectivity index (χ3n) is 2.52. The van der Waals surface area contributed by atoms with Crippen LogP contribution in [-0.2, 0) is 0 Å². The molecule has 1 aromatic carbocycles. The van der Waals surface area contributed by atoms with Crippen molar-refractivity contribution in [3.63, 3.8) is 0 Å². The SMILES string of the molecule is Cc1cc(NC(=S)NC(=O)c2cc(F)c(F)c(F)c2F)n[nH]1. The number of hydrogen-bond acceptors (Lipinski definition) is 3. The van der Waals surface area contributed by atoms with Crippen molar-refractivity contribution in [3.8, 4) is 0 Å². The Morgan fingerprint density at radius 3 is 2.45 bits per heavy atom. The predicted octanol–water partition coefficient (Wildman–Crippen LogP) is 2.40. The van der Waals surface area contributed by atoms with Crippen molar-refractivity contribution in [2.24, 2.45) is 0 Å². The van der Waals surface area contributed by atoms with E-state index < -0.39 is 34.7 Å². The van der Waals surface area contributed by atoms with E-state index in [9.17, 15) is 22.4 Å². The number of benzene rings is 1. The molecule has 2 aromatic rings. The zero-order chi connectivity index (χ0) is 16.4. The van der Waals surface area contributed by atoms with Crippen LogP contribution in [-0.4, -0.2) is 21.2 Å². The van der Waals surface area contributed by atoms with Crippen molar-refractivity contribution in [1.82, 2.24) is 15.5 Å². The summed E-state index contributed by atoms with van der Waals surface area (Å²) in [6.07, 6.45) is 0. The average Bonchev–Trinajstić information content (AvgIpc) is 2.85. The Morgan fingerprint density at radius 1 is 1.18 bits per heavy atom. The lowest BCUT2D eigenvalue weighted by molar-refractivity contribution is 0.0971. The highest BCUT2D eigenvalue weighted by Crippen LogP contribution is 2.18. The van der Waals surface area contributed by atoms with Crippen molar-refractivity contribution < 1.29 is 22.4 Å². The van der Waals surface area contributed by atoms with E-state index in [1.165, 1.54) is 0 Å². The van der Waals surface area contributed by atoms with Crippen LogP contribution in [0.2, 0.25) is 0 Å². The maximum Gasteiger partial charge on any atom is 0.260 e. The molecular formula is C12H8F4N4OS. The highest BCUT2D eigenvalue weighted by atomic mass is 32.1. The van der Waals surface area contributed by atoms with Gasteiger partial charge in [0.25, 0.3) is 5.91 Å². The number of aromatic amines is 1. The molecule has 1 aromatic heterocycles. The van der Waals surface area contributed by atoms with E-state index in [0.717, 1.165) is 0 Å². The lowest BCUT2D eigenvalue weighted by atomic mass is 10.1. The fourth-order valence-corrected chi connectivity index (χ4v) is 1.74. The second kappa shape index (κ2) is 6.10. The lowest BCUT2D eigenvalue weighted by Crippen LogP contribution is -2.35. The van der Waals surface area contributed by atoms with Crippen molar-refractivity contribution in [1.29, 1.82) is 0 Å². The topological polar surface area (TPSA) is 69.8 Å². The predicted molar refractivity (Wildman–Crippen MR) is 73.3 cm³/mol. The molecule has 0 aliphatic carbocycles. The second-order valence-electron chi connectivity index (χ2n) is 4.19. The van der Waals surface area contributed by atoms with Crippen LogP contribution in [0, 0.1) is 30.2 Å². The highest BCUT2D eigenvalue weighted by Gasteiger charge is 2.23.